The van der Waals surface area contributed by atoms with E-state index in [0.29, 0.717) is 6.54 Å². The van der Waals surface area contributed by atoms with Crippen LogP contribution in [0.2, 0.25) is 0 Å². The second-order valence-electron chi connectivity index (χ2n) is 4.52. The number of halogens is 1. The quantitative estimate of drug-likeness (QED) is 0.491. The summed E-state index contributed by atoms with van der Waals surface area (Å²) < 4.78 is 0. The van der Waals surface area contributed by atoms with Crippen molar-refractivity contribution in [2.45, 2.75) is 26.3 Å². The molecule has 0 saturated heterocycles. The van der Waals surface area contributed by atoms with Crippen molar-refractivity contribution in [3.05, 3.63) is 29.6 Å². The van der Waals surface area contributed by atoms with Crippen molar-refractivity contribution in [1.82, 2.24) is 15.6 Å². The summed E-state index contributed by atoms with van der Waals surface area (Å²) >= 11 is 0. The molecule has 0 spiro atoms. The van der Waals surface area contributed by atoms with Crippen molar-refractivity contribution in [1.29, 1.82) is 0 Å². The summed E-state index contributed by atoms with van der Waals surface area (Å²) in [5.74, 6) is 1.71. The van der Waals surface area contributed by atoms with Gasteiger partial charge < -0.3 is 10.6 Å². The molecular formula is C13H21IN4. The van der Waals surface area contributed by atoms with E-state index in [-0.39, 0.29) is 24.0 Å². The van der Waals surface area contributed by atoms with E-state index in [1.54, 1.807) is 7.05 Å². The van der Waals surface area contributed by atoms with E-state index in [0.717, 1.165) is 29.8 Å². The number of rotatable bonds is 4. The zero-order chi connectivity index (χ0) is 12.1. The number of aliphatic imine (C=N–C) groups is 1. The van der Waals surface area contributed by atoms with Gasteiger partial charge >= 0.3 is 0 Å². The Morgan fingerprint density at radius 1 is 1.39 bits per heavy atom. The normalized spacial score (nSPS) is 14.9. The fourth-order valence-electron chi connectivity index (χ4n) is 1.66. The molecule has 0 aromatic carbocycles. The predicted octanol–water partition coefficient (Wildman–Crippen LogP) is 2.08. The lowest BCUT2D eigenvalue weighted by Crippen LogP contribution is -2.38. The van der Waals surface area contributed by atoms with Gasteiger partial charge in [-0.2, -0.15) is 0 Å². The van der Waals surface area contributed by atoms with Crippen molar-refractivity contribution < 1.29 is 0 Å². The van der Waals surface area contributed by atoms with Gasteiger partial charge in [-0.15, -0.1) is 24.0 Å². The van der Waals surface area contributed by atoms with Crippen molar-refractivity contribution in [3.63, 3.8) is 0 Å². The number of hydrogen-bond donors (Lipinski definition) is 2. The molecule has 5 heteroatoms. The molecule has 0 radical (unpaired) electrons. The Hall–Kier alpha value is -0.850. The first kappa shape index (κ1) is 15.2. The average Bonchev–Trinajstić information content (AvgIpc) is 3.13. The highest BCUT2D eigenvalue weighted by molar-refractivity contribution is 14.0. The third-order valence-corrected chi connectivity index (χ3v) is 2.86. The van der Waals surface area contributed by atoms with E-state index in [1.807, 2.05) is 25.1 Å². The van der Waals surface area contributed by atoms with Gasteiger partial charge in [0.25, 0.3) is 0 Å². The first-order chi connectivity index (χ1) is 8.28. The van der Waals surface area contributed by atoms with Crippen LogP contribution in [0.25, 0.3) is 0 Å². The summed E-state index contributed by atoms with van der Waals surface area (Å²) in [6, 6.07) is 6.05. The van der Waals surface area contributed by atoms with Gasteiger partial charge in [0.2, 0.25) is 0 Å². The summed E-state index contributed by atoms with van der Waals surface area (Å²) in [6.07, 6.45) is 2.70. The Bertz CT molecular complexity index is 402. The number of nitrogens with zero attached hydrogens (tertiary/aromatic N) is 2. The molecule has 1 aliphatic carbocycles. The molecule has 1 aliphatic rings. The molecule has 0 atom stereocenters. The average molecular weight is 360 g/mol. The van der Waals surface area contributed by atoms with Crippen LogP contribution in [-0.4, -0.2) is 24.5 Å². The zero-order valence-electron chi connectivity index (χ0n) is 10.9. The van der Waals surface area contributed by atoms with E-state index >= 15 is 0 Å². The van der Waals surface area contributed by atoms with E-state index in [2.05, 4.69) is 20.6 Å². The van der Waals surface area contributed by atoms with Crippen LogP contribution in [0, 0.1) is 12.8 Å². The second kappa shape index (κ2) is 7.56. The monoisotopic (exact) mass is 360 g/mol. The van der Waals surface area contributed by atoms with Crippen molar-refractivity contribution in [2.75, 3.05) is 13.6 Å². The number of nitrogens with one attached hydrogen (secondary N) is 2. The third kappa shape index (κ3) is 5.20. The molecule has 1 fully saturated rings. The topological polar surface area (TPSA) is 49.3 Å². The molecule has 100 valence electrons. The fourth-order valence-corrected chi connectivity index (χ4v) is 1.66. The summed E-state index contributed by atoms with van der Waals surface area (Å²) in [6.45, 7) is 3.75. The van der Waals surface area contributed by atoms with Crippen LogP contribution in [0.1, 0.15) is 24.2 Å². The molecule has 2 rings (SSSR count). The maximum Gasteiger partial charge on any atom is 0.191 e. The molecular weight excluding hydrogens is 339 g/mol. The number of pyridine rings is 1. The molecule has 1 aromatic heterocycles. The summed E-state index contributed by atoms with van der Waals surface area (Å²) in [4.78, 5) is 8.63. The van der Waals surface area contributed by atoms with Crippen LogP contribution in [0.15, 0.2) is 23.2 Å². The lowest BCUT2D eigenvalue weighted by molar-refractivity contribution is 0.732. The highest BCUT2D eigenvalue weighted by atomic mass is 127. The van der Waals surface area contributed by atoms with Crippen molar-refractivity contribution in [3.8, 4) is 0 Å². The number of aryl methyl sites for hydroxylation is 1. The van der Waals surface area contributed by atoms with E-state index < -0.39 is 0 Å². The van der Waals surface area contributed by atoms with Gasteiger partial charge in [-0.1, -0.05) is 6.07 Å². The smallest absolute Gasteiger partial charge is 0.191 e. The van der Waals surface area contributed by atoms with Crippen LogP contribution in [0.5, 0.6) is 0 Å². The molecule has 0 bridgehead atoms. The lowest BCUT2D eigenvalue weighted by Gasteiger charge is -2.11. The maximum absolute atomic E-state index is 4.44. The zero-order valence-corrected chi connectivity index (χ0v) is 13.3. The number of guanidine groups is 1. The van der Waals surface area contributed by atoms with Gasteiger partial charge in [0.05, 0.1) is 12.2 Å². The third-order valence-electron chi connectivity index (χ3n) is 2.86. The number of aromatic nitrogens is 1. The molecule has 4 nitrogen and oxygen atoms in total. The molecule has 18 heavy (non-hydrogen) atoms. The van der Waals surface area contributed by atoms with Gasteiger partial charge in [-0.3, -0.25) is 9.98 Å². The van der Waals surface area contributed by atoms with Crippen LogP contribution in [0.3, 0.4) is 0 Å². The van der Waals surface area contributed by atoms with Gasteiger partial charge in [0.15, 0.2) is 5.96 Å². The maximum atomic E-state index is 4.44. The molecule has 1 saturated carbocycles. The fraction of sp³-hybridized carbons (Fsp3) is 0.538. The highest BCUT2D eigenvalue weighted by Crippen LogP contribution is 2.27. The minimum Gasteiger partial charge on any atom is -0.356 e. The Balaban J connectivity index is 0.00000162. The largest absolute Gasteiger partial charge is 0.356 e. The van der Waals surface area contributed by atoms with Crippen molar-refractivity contribution in [2.24, 2.45) is 10.9 Å². The molecule has 0 aliphatic heterocycles. The Morgan fingerprint density at radius 2 is 2.17 bits per heavy atom. The van der Waals surface area contributed by atoms with Gasteiger partial charge in [-0.25, -0.2) is 0 Å². The molecule has 1 heterocycles. The Morgan fingerprint density at radius 3 is 2.78 bits per heavy atom. The second-order valence-corrected chi connectivity index (χ2v) is 4.52. The minimum absolute atomic E-state index is 0. The van der Waals surface area contributed by atoms with E-state index in [9.17, 15) is 0 Å². The molecule has 2 N–H and O–H groups in total. The molecule has 0 amide bonds. The molecule has 0 unspecified atom stereocenters. The Kier molecular flexibility index (Phi) is 6.38. The van der Waals surface area contributed by atoms with Gasteiger partial charge in [0, 0.05) is 19.3 Å². The van der Waals surface area contributed by atoms with Crippen LogP contribution in [0.4, 0.5) is 0 Å². The minimum atomic E-state index is 0. The number of hydrogen-bond acceptors (Lipinski definition) is 2. The summed E-state index contributed by atoms with van der Waals surface area (Å²) in [7, 11) is 1.80. The SMILES string of the molecule is CN=C(NCc1cccc(C)n1)NCC1CC1.I. The summed E-state index contributed by atoms with van der Waals surface area (Å²) in [5.41, 5.74) is 2.09. The first-order valence-electron chi connectivity index (χ1n) is 6.15. The van der Waals surface area contributed by atoms with Gasteiger partial charge in [0.1, 0.15) is 0 Å². The van der Waals surface area contributed by atoms with Crippen LogP contribution in [-0.2, 0) is 6.54 Å². The van der Waals surface area contributed by atoms with Gasteiger partial charge in [-0.05, 0) is 37.8 Å². The standard InChI is InChI=1S/C13H20N4.HI/c1-10-4-3-5-12(17-10)9-16-13(14-2)15-8-11-6-7-11;/h3-5,11H,6-9H2,1-2H3,(H2,14,15,16);1H. The highest BCUT2D eigenvalue weighted by Gasteiger charge is 2.20. The van der Waals surface area contributed by atoms with Crippen LogP contribution < -0.4 is 10.6 Å². The van der Waals surface area contributed by atoms with Crippen LogP contribution >= 0.6 is 24.0 Å². The first-order valence-corrected chi connectivity index (χ1v) is 6.15. The van der Waals surface area contributed by atoms with Crippen molar-refractivity contribution >= 4 is 29.9 Å². The summed E-state index contributed by atoms with van der Waals surface area (Å²) in [5, 5.41) is 6.60. The predicted molar refractivity (Wildman–Crippen MR) is 85.3 cm³/mol. The Labute approximate surface area is 126 Å². The van der Waals surface area contributed by atoms with E-state index in [4.69, 9.17) is 0 Å². The lowest BCUT2D eigenvalue weighted by atomic mass is 10.3. The molecule has 1 aromatic rings. The van der Waals surface area contributed by atoms with E-state index in [1.165, 1.54) is 12.8 Å².